The molecule has 1 aromatic rings. The maximum atomic E-state index is 13.0. The molecule has 32 heavy (non-hydrogen) atoms. The Morgan fingerprint density at radius 1 is 1.06 bits per heavy atom. The van der Waals surface area contributed by atoms with Crippen molar-refractivity contribution in [2.24, 2.45) is 0 Å². The Morgan fingerprint density at radius 2 is 1.72 bits per heavy atom. The Kier molecular flexibility index (Phi) is 6.81. The van der Waals surface area contributed by atoms with Gasteiger partial charge in [0.05, 0.1) is 29.6 Å². The van der Waals surface area contributed by atoms with Crippen LogP contribution in [0.5, 0.6) is 5.75 Å². The summed E-state index contributed by atoms with van der Waals surface area (Å²) in [6, 6.07) is 6.35. The number of nitrogens with zero attached hydrogens (tertiary/aromatic N) is 3. The van der Waals surface area contributed by atoms with E-state index < -0.39 is 19.9 Å². The summed E-state index contributed by atoms with van der Waals surface area (Å²) in [5, 5.41) is 0. The molecule has 1 saturated carbocycles. The molecule has 178 valence electrons. The Morgan fingerprint density at radius 3 is 2.25 bits per heavy atom. The molecular formula is C21H31N3O6S2. The maximum Gasteiger partial charge on any atom is 0.243 e. The fraction of sp³-hybridized carbons (Fsp3) is 0.667. The first kappa shape index (κ1) is 23.5. The third-order valence-electron chi connectivity index (χ3n) is 6.29. The summed E-state index contributed by atoms with van der Waals surface area (Å²) in [5.41, 5.74) is 0. The first-order valence-corrected chi connectivity index (χ1v) is 14.4. The second kappa shape index (κ2) is 9.28. The summed E-state index contributed by atoms with van der Waals surface area (Å²) in [6.45, 7) is 4.13. The lowest BCUT2D eigenvalue weighted by atomic mass is 10.2. The van der Waals surface area contributed by atoms with Gasteiger partial charge in [-0.05, 0) is 50.5 Å². The first-order chi connectivity index (χ1) is 15.2. The maximum absolute atomic E-state index is 13.0. The molecule has 0 aromatic heterocycles. The van der Waals surface area contributed by atoms with E-state index in [1.54, 1.807) is 29.2 Å². The lowest BCUT2D eigenvalue weighted by molar-refractivity contribution is -0.135. The van der Waals surface area contributed by atoms with Gasteiger partial charge in [-0.15, -0.1) is 0 Å². The molecule has 1 atom stereocenters. The number of hydrogen-bond donors (Lipinski definition) is 0. The van der Waals surface area contributed by atoms with Crippen LogP contribution in [0.3, 0.4) is 0 Å². The molecule has 0 N–H and O–H groups in total. The zero-order valence-electron chi connectivity index (χ0n) is 18.3. The summed E-state index contributed by atoms with van der Waals surface area (Å²) in [5.74, 6) is 0.794. The van der Waals surface area contributed by atoms with Crippen LogP contribution in [0.4, 0.5) is 0 Å². The molecule has 2 aliphatic heterocycles. The van der Waals surface area contributed by atoms with Crippen molar-refractivity contribution in [1.29, 1.82) is 0 Å². The van der Waals surface area contributed by atoms with Crippen molar-refractivity contribution < 1.29 is 26.4 Å². The van der Waals surface area contributed by atoms with Gasteiger partial charge in [-0.3, -0.25) is 9.69 Å². The number of carbonyl (C=O) groups is 1. The molecule has 3 fully saturated rings. The van der Waals surface area contributed by atoms with Crippen molar-refractivity contribution in [2.45, 2.75) is 43.2 Å². The van der Waals surface area contributed by atoms with Crippen LogP contribution in [0, 0.1) is 0 Å². The molecule has 0 radical (unpaired) electrons. The molecule has 1 aromatic carbocycles. The van der Waals surface area contributed by atoms with E-state index in [2.05, 4.69) is 0 Å². The zero-order valence-corrected chi connectivity index (χ0v) is 20.0. The van der Waals surface area contributed by atoms with Crippen LogP contribution in [-0.4, -0.2) is 99.8 Å². The molecular weight excluding hydrogens is 454 g/mol. The fourth-order valence-corrected chi connectivity index (χ4v) is 7.61. The largest absolute Gasteiger partial charge is 0.494 e. The smallest absolute Gasteiger partial charge is 0.243 e. The van der Waals surface area contributed by atoms with E-state index in [4.69, 9.17) is 4.74 Å². The minimum atomic E-state index is -3.60. The lowest BCUT2D eigenvalue weighted by Crippen LogP contribution is -2.53. The zero-order chi connectivity index (χ0) is 22.9. The van der Waals surface area contributed by atoms with E-state index in [1.165, 1.54) is 4.31 Å². The number of hydrogen-bond acceptors (Lipinski definition) is 7. The highest BCUT2D eigenvalue weighted by Gasteiger charge is 2.42. The van der Waals surface area contributed by atoms with Gasteiger partial charge in [-0.25, -0.2) is 16.8 Å². The molecule has 9 nitrogen and oxygen atoms in total. The number of sulfonamides is 1. The van der Waals surface area contributed by atoms with E-state index in [0.29, 0.717) is 45.0 Å². The highest BCUT2D eigenvalue weighted by molar-refractivity contribution is 7.91. The molecule has 11 heteroatoms. The van der Waals surface area contributed by atoms with Crippen molar-refractivity contribution in [1.82, 2.24) is 14.1 Å². The molecule has 0 unspecified atom stereocenters. The lowest BCUT2D eigenvalue weighted by Gasteiger charge is -2.36. The van der Waals surface area contributed by atoms with Gasteiger partial charge >= 0.3 is 0 Å². The van der Waals surface area contributed by atoms with Gasteiger partial charge in [0, 0.05) is 38.3 Å². The monoisotopic (exact) mass is 485 g/mol. The number of piperazine rings is 1. The molecule has 1 amide bonds. The van der Waals surface area contributed by atoms with E-state index in [1.807, 2.05) is 11.8 Å². The highest BCUT2D eigenvalue weighted by atomic mass is 32.2. The van der Waals surface area contributed by atoms with E-state index in [-0.39, 0.29) is 40.9 Å². The van der Waals surface area contributed by atoms with E-state index >= 15 is 0 Å². The second-order valence-corrected chi connectivity index (χ2v) is 12.8. The van der Waals surface area contributed by atoms with Crippen LogP contribution >= 0.6 is 0 Å². The van der Waals surface area contributed by atoms with Gasteiger partial charge in [0.1, 0.15) is 5.75 Å². The number of amides is 1. The van der Waals surface area contributed by atoms with Crippen molar-refractivity contribution in [3.63, 3.8) is 0 Å². The summed E-state index contributed by atoms with van der Waals surface area (Å²) in [6.07, 6.45) is 2.37. The molecule has 0 bridgehead atoms. The predicted molar refractivity (Wildman–Crippen MR) is 120 cm³/mol. The SMILES string of the molecule is CCOc1ccc(S(=O)(=O)N2CCN(CC(=O)N(C3CC3)[C@H]3CCS(=O)(=O)C3)CC2)cc1. The minimum absolute atomic E-state index is 0.0441. The Labute approximate surface area is 190 Å². The van der Waals surface area contributed by atoms with E-state index in [0.717, 1.165) is 12.8 Å². The van der Waals surface area contributed by atoms with Gasteiger partial charge in [-0.1, -0.05) is 0 Å². The van der Waals surface area contributed by atoms with Crippen LogP contribution in [0.15, 0.2) is 29.2 Å². The number of carbonyl (C=O) groups excluding carboxylic acids is 1. The normalized spacial score (nSPS) is 24.3. The minimum Gasteiger partial charge on any atom is -0.494 e. The predicted octanol–water partition coefficient (Wildman–Crippen LogP) is 0.570. The van der Waals surface area contributed by atoms with Crippen molar-refractivity contribution in [3.05, 3.63) is 24.3 Å². The standard InChI is InChI=1S/C21H31N3O6S2/c1-2-30-19-5-7-20(8-6-19)32(28,29)23-12-10-22(11-13-23)15-21(25)24(17-3-4-17)18-9-14-31(26,27)16-18/h5-8,17-18H,2-4,9-16H2,1H3/t18-/m0/s1. The molecule has 3 aliphatic rings. The second-order valence-electron chi connectivity index (χ2n) is 8.67. The third-order valence-corrected chi connectivity index (χ3v) is 9.96. The number of sulfone groups is 1. The fourth-order valence-electron chi connectivity index (χ4n) is 4.48. The number of rotatable bonds is 8. The molecule has 1 aliphatic carbocycles. The topological polar surface area (TPSA) is 104 Å². The average molecular weight is 486 g/mol. The van der Waals surface area contributed by atoms with Gasteiger partial charge in [-0.2, -0.15) is 4.31 Å². The molecule has 2 heterocycles. The van der Waals surface area contributed by atoms with Crippen molar-refractivity contribution in [3.8, 4) is 5.75 Å². The third kappa shape index (κ3) is 5.27. The first-order valence-electron chi connectivity index (χ1n) is 11.2. The number of benzene rings is 1. The molecule has 0 spiro atoms. The molecule has 2 saturated heterocycles. The average Bonchev–Trinajstić information content (AvgIpc) is 3.51. The highest BCUT2D eigenvalue weighted by Crippen LogP contribution is 2.32. The summed E-state index contributed by atoms with van der Waals surface area (Å²) >= 11 is 0. The van der Waals surface area contributed by atoms with Crippen LogP contribution in [-0.2, 0) is 24.7 Å². The summed E-state index contributed by atoms with van der Waals surface area (Å²) in [4.78, 5) is 17.0. The Hall–Kier alpha value is -1.69. The Balaban J connectivity index is 1.33. The van der Waals surface area contributed by atoms with Crippen LogP contribution < -0.4 is 4.74 Å². The van der Waals surface area contributed by atoms with Crippen molar-refractivity contribution >= 4 is 25.8 Å². The van der Waals surface area contributed by atoms with Gasteiger partial charge in [0.15, 0.2) is 9.84 Å². The molecule has 4 rings (SSSR count). The van der Waals surface area contributed by atoms with Crippen LogP contribution in [0.25, 0.3) is 0 Å². The van der Waals surface area contributed by atoms with Gasteiger partial charge in [0.25, 0.3) is 0 Å². The summed E-state index contributed by atoms with van der Waals surface area (Å²) in [7, 11) is -6.66. The quantitative estimate of drug-likeness (QED) is 0.530. The van der Waals surface area contributed by atoms with E-state index in [9.17, 15) is 21.6 Å². The number of ether oxygens (including phenoxy) is 1. The van der Waals surface area contributed by atoms with Gasteiger partial charge < -0.3 is 9.64 Å². The van der Waals surface area contributed by atoms with Gasteiger partial charge in [0.2, 0.25) is 15.9 Å². The van der Waals surface area contributed by atoms with Crippen molar-refractivity contribution in [2.75, 3.05) is 50.8 Å². The Bertz CT molecular complexity index is 1030. The summed E-state index contributed by atoms with van der Waals surface area (Å²) < 4.78 is 56.5. The van der Waals surface area contributed by atoms with Crippen LogP contribution in [0.2, 0.25) is 0 Å². The van der Waals surface area contributed by atoms with Crippen LogP contribution in [0.1, 0.15) is 26.2 Å².